The number of carbonyl (C=O) groups excluding carboxylic acids is 2. The quantitative estimate of drug-likeness (QED) is 0.243. The molecule has 1 aliphatic heterocycles. The molecular formula is C3H4BrN3O2. The first-order chi connectivity index (χ1) is 4.13. The maximum absolute atomic E-state index is 10.6. The van der Waals surface area contributed by atoms with Gasteiger partial charge in [0.15, 0.2) is 0 Å². The standard InChI is InChI=1S/C3H4BrN3O2/c4-7-2(8)1-6(5)3(7)9/h1,5H2. The number of nitrogens with two attached hydrogens (primary N) is 1. The number of hydrazine groups is 1. The minimum absolute atomic E-state index is 0.0515. The first kappa shape index (κ1) is 6.50. The van der Waals surface area contributed by atoms with Crippen LogP contribution in [-0.2, 0) is 4.79 Å². The Labute approximate surface area is 59.7 Å². The van der Waals surface area contributed by atoms with Gasteiger partial charge >= 0.3 is 6.03 Å². The lowest BCUT2D eigenvalue weighted by Gasteiger charge is -2.03. The van der Waals surface area contributed by atoms with Crippen LogP contribution < -0.4 is 5.84 Å². The maximum Gasteiger partial charge on any atom is 0.351 e. The van der Waals surface area contributed by atoms with E-state index in [1.807, 2.05) is 0 Å². The molecule has 0 aromatic heterocycles. The third-order valence-electron chi connectivity index (χ3n) is 0.938. The number of hydrogen-bond donors (Lipinski definition) is 1. The Bertz CT molecular complexity index is 170. The van der Waals surface area contributed by atoms with Gasteiger partial charge in [0.05, 0.1) is 16.1 Å². The van der Waals surface area contributed by atoms with Crippen molar-refractivity contribution in [1.29, 1.82) is 0 Å². The molecule has 1 heterocycles. The number of nitrogens with zero attached hydrogens (tertiary/aromatic N) is 2. The highest BCUT2D eigenvalue weighted by Gasteiger charge is 2.32. The van der Waals surface area contributed by atoms with E-state index in [4.69, 9.17) is 5.84 Å². The van der Waals surface area contributed by atoms with Gasteiger partial charge in [-0.05, 0) is 0 Å². The summed E-state index contributed by atoms with van der Waals surface area (Å²) in [6.07, 6.45) is 0. The van der Waals surface area contributed by atoms with Gasteiger partial charge in [0.25, 0.3) is 5.91 Å². The highest BCUT2D eigenvalue weighted by atomic mass is 79.9. The number of halogens is 1. The van der Waals surface area contributed by atoms with E-state index in [1.54, 1.807) is 0 Å². The monoisotopic (exact) mass is 193 g/mol. The predicted molar refractivity (Wildman–Crippen MR) is 32.1 cm³/mol. The molecule has 0 spiro atoms. The zero-order valence-corrected chi connectivity index (χ0v) is 5.96. The smallest absolute Gasteiger partial charge is 0.271 e. The van der Waals surface area contributed by atoms with Crippen molar-refractivity contribution in [2.45, 2.75) is 0 Å². The van der Waals surface area contributed by atoms with Crippen LogP contribution in [0.1, 0.15) is 0 Å². The van der Waals surface area contributed by atoms with E-state index >= 15 is 0 Å². The number of imide groups is 1. The molecule has 0 unspecified atom stereocenters. The Balaban J connectivity index is 2.77. The van der Waals surface area contributed by atoms with Gasteiger partial charge in [0.2, 0.25) is 0 Å². The molecule has 0 radical (unpaired) electrons. The van der Waals surface area contributed by atoms with Crippen molar-refractivity contribution >= 4 is 28.1 Å². The molecule has 0 aliphatic carbocycles. The zero-order valence-electron chi connectivity index (χ0n) is 4.37. The molecule has 2 N–H and O–H groups in total. The average molecular weight is 194 g/mol. The van der Waals surface area contributed by atoms with Crippen LogP contribution in [0.3, 0.4) is 0 Å². The first-order valence-electron chi connectivity index (χ1n) is 2.18. The van der Waals surface area contributed by atoms with Crippen LogP contribution >= 0.6 is 16.1 Å². The molecule has 3 amide bonds. The lowest BCUT2D eigenvalue weighted by Crippen LogP contribution is -2.33. The molecule has 5 nitrogen and oxygen atoms in total. The van der Waals surface area contributed by atoms with Crippen LogP contribution in [-0.4, -0.2) is 27.4 Å². The van der Waals surface area contributed by atoms with Gasteiger partial charge in [-0.1, -0.05) is 0 Å². The molecule has 1 saturated heterocycles. The van der Waals surface area contributed by atoms with Crippen molar-refractivity contribution < 1.29 is 9.59 Å². The van der Waals surface area contributed by atoms with E-state index in [0.29, 0.717) is 0 Å². The summed E-state index contributed by atoms with van der Waals surface area (Å²) in [7, 11) is 0. The van der Waals surface area contributed by atoms with E-state index < -0.39 is 6.03 Å². The van der Waals surface area contributed by atoms with Crippen LogP contribution in [0.4, 0.5) is 4.79 Å². The lowest BCUT2D eigenvalue weighted by atomic mass is 10.7. The SMILES string of the molecule is NN1CC(=O)N(Br)C1=O. The first-order valence-corrected chi connectivity index (χ1v) is 2.89. The molecule has 0 bridgehead atoms. The van der Waals surface area contributed by atoms with Crippen LogP contribution in [0.15, 0.2) is 0 Å². The van der Waals surface area contributed by atoms with Crippen LogP contribution in [0.25, 0.3) is 0 Å². The molecule has 9 heavy (non-hydrogen) atoms. The van der Waals surface area contributed by atoms with E-state index in [-0.39, 0.29) is 12.5 Å². The summed E-state index contributed by atoms with van der Waals surface area (Å²) in [4.78, 5) is 21.1. The largest absolute Gasteiger partial charge is 0.351 e. The summed E-state index contributed by atoms with van der Waals surface area (Å²) in [5.41, 5.74) is 0. The molecule has 0 atom stereocenters. The molecule has 50 valence electrons. The van der Waals surface area contributed by atoms with E-state index in [9.17, 15) is 9.59 Å². The molecule has 1 fully saturated rings. The highest BCUT2D eigenvalue weighted by Crippen LogP contribution is 2.09. The normalized spacial score (nSPS) is 19.8. The summed E-state index contributed by atoms with van der Waals surface area (Å²) in [5, 5.41) is 0.830. The minimum Gasteiger partial charge on any atom is -0.271 e. The molecule has 0 saturated carbocycles. The number of hydrogen-bond acceptors (Lipinski definition) is 3. The summed E-state index contributed by atoms with van der Waals surface area (Å²) in [6.45, 7) is -0.0515. The van der Waals surface area contributed by atoms with Crippen LogP contribution in [0.5, 0.6) is 0 Å². The van der Waals surface area contributed by atoms with Crippen molar-refractivity contribution in [2.24, 2.45) is 5.84 Å². The topological polar surface area (TPSA) is 66.6 Å². The second-order valence-electron chi connectivity index (χ2n) is 1.59. The number of carbonyl (C=O) groups is 2. The molecule has 0 aromatic carbocycles. The molecule has 1 aliphatic rings. The number of rotatable bonds is 0. The second-order valence-corrected chi connectivity index (χ2v) is 2.29. The van der Waals surface area contributed by atoms with E-state index in [0.717, 1.165) is 8.93 Å². The predicted octanol–water partition coefficient (Wildman–Crippen LogP) is -0.566. The third-order valence-corrected chi connectivity index (χ3v) is 1.64. The van der Waals surface area contributed by atoms with E-state index in [2.05, 4.69) is 16.1 Å². The highest BCUT2D eigenvalue weighted by molar-refractivity contribution is 9.08. The van der Waals surface area contributed by atoms with Gasteiger partial charge in [-0.25, -0.2) is 10.6 Å². The fourth-order valence-corrected chi connectivity index (χ4v) is 0.811. The number of amides is 3. The van der Waals surface area contributed by atoms with Crippen molar-refractivity contribution in [2.75, 3.05) is 6.54 Å². The van der Waals surface area contributed by atoms with E-state index in [1.165, 1.54) is 0 Å². The zero-order chi connectivity index (χ0) is 7.02. The molecule has 1 rings (SSSR count). The van der Waals surface area contributed by atoms with Crippen LogP contribution in [0, 0.1) is 0 Å². The van der Waals surface area contributed by atoms with Crippen molar-refractivity contribution in [1.82, 2.24) is 8.93 Å². The van der Waals surface area contributed by atoms with Crippen LogP contribution in [0.2, 0.25) is 0 Å². The second kappa shape index (κ2) is 1.96. The fourth-order valence-electron chi connectivity index (χ4n) is 0.495. The maximum atomic E-state index is 10.6. The van der Waals surface area contributed by atoms with Crippen molar-refractivity contribution in [3.05, 3.63) is 0 Å². The molecule has 0 aromatic rings. The van der Waals surface area contributed by atoms with Gasteiger partial charge in [0.1, 0.15) is 6.54 Å². The summed E-state index contributed by atoms with van der Waals surface area (Å²) in [6, 6.07) is -0.528. The fraction of sp³-hybridized carbons (Fsp3) is 0.333. The summed E-state index contributed by atoms with van der Waals surface area (Å²) < 4.78 is 0.799. The van der Waals surface area contributed by atoms with Crippen molar-refractivity contribution in [3.63, 3.8) is 0 Å². The van der Waals surface area contributed by atoms with Crippen molar-refractivity contribution in [3.8, 4) is 0 Å². The Morgan fingerprint density at radius 2 is 2.11 bits per heavy atom. The van der Waals surface area contributed by atoms with Gasteiger partial charge in [0, 0.05) is 0 Å². The Morgan fingerprint density at radius 3 is 2.22 bits per heavy atom. The Hall–Kier alpha value is -0.620. The number of urea groups is 1. The van der Waals surface area contributed by atoms with Gasteiger partial charge < -0.3 is 0 Å². The summed E-state index contributed by atoms with van der Waals surface area (Å²) >= 11 is 2.72. The third kappa shape index (κ3) is 0.903. The average Bonchev–Trinajstić information content (AvgIpc) is 1.98. The van der Waals surface area contributed by atoms with Gasteiger partial charge in [-0.15, -0.1) is 0 Å². The molecular weight excluding hydrogens is 190 g/mol. The minimum atomic E-state index is -0.528. The van der Waals surface area contributed by atoms with Gasteiger partial charge in [-0.2, -0.15) is 3.93 Å². The Kier molecular flexibility index (Phi) is 1.42. The lowest BCUT2D eigenvalue weighted by molar-refractivity contribution is -0.121. The Morgan fingerprint density at radius 1 is 1.56 bits per heavy atom. The van der Waals surface area contributed by atoms with Gasteiger partial charge in [-0.3, -0.25) is 9.80 Å². The summed E-state index contributed by atoms with van der Waals surface area (Å²) in [5.74, 6) is 4.71. The molecule has 6 heteroatoms.